The fourth-order valence-electron chi connectivity index (χ4n) is 1.58. The van der Waals surface area contributed by atoms with E-state index in [0.717, 1.165) is 6.42 Å². The summed E-state index contributed by atoms with van der Waals surface area (Å²) in [5.74, 6) is 0.206. The Bertz CT molecular complexity index is 361. The maximum absolute atomic E-state index is 11.7. The molecule has 1 aromatic rings. The molecule has 16 heavy (non-hydrogen) atoms. The number of esters is 1. The van der Waals surface area contributed by atoms with E-state index in [9.17, 15) is 4.79 Å². The zero-order valence-corrected chi connectivity index (χ0v) is 10.6. The van der Waals surface area contributed by atoms with Gasteiger partial charge in [0.2, 0.25) is 0 Å². The molecule has 88 valence electrons. The van der Waals surface area contributed by atoms with E-state index in [-0.39, 0.29) is 12.1 Å². The zero-order valence-electron chi connectivity index (χ0n) is 9.87. The van der Waals surface area contributed by atoms with E-state index in [2.05, 4.69) is 13.8 Å². The van der Waals surface area contributed by atoms with Crippen LogP contribution in [0.5, 0.6) is 0 Å². The zero-order chi connectivity index (χ0) is 12.1. The van der Waals surface area contributed by atoms with Gasteiger partial charge < -0.3 is 4.74 Å². The van der Waals surface area contributed by atoms with Crippen molar-refractivity contribution in [2.24, 2.45) is 5.92 Å². The first-order chi connectivity index (χ1) is 7.49. The largest absolute Gasteiger partial charge is 0.459 e. The quantitative estimate of drug-likeness (QED) is 0.746. The molecule has 1 unspecified atom stereocenters. The van der Waals surface area contributed by atoms with Gasteiger partial charge in [-0.3, -0.25) is 0 Å². The van der Waals surface area contributed by atoms with Gasteiger partial charge in [-0.1, -0.05) is 31.5 Å². The average molecular weight is 241 g/mol. The van der Waals surface area contributed by atoms with Gasteiger partial charge in [0, 0.05) is 5.02 Å². The molecular weight excluding hydrogens is 224 g/mol. The minimum atomic E-state index is -0.310. The van der Waals surface area contributed by atoms with Gasteiger partial charge in [0.1, 0.15) is 0 Å². The monoisotopic (exact) mass is 240 g/mol. The Kier molecular flexibility index (Phi) is 4.81. The Morgan fingerprint density at radius 3 is 2.62 bits per heavy atom. The lowest BCUT2D eigenvalue weighted by molar-refractivity contribution is 0.0299. The Balaban J connectivity index is 2.59. The Morgan fingerprint density at radius 2 is 2.06 bits per heavy atom. The molecule has 0 amide bonds. The number of rotatable bonds is 4. The number of hydrogen-bond donors (Lipinski definition) is 0. The summed E-state index contributed by atoms with van der Waals surface area (Å²) in [6.45, 7) is 6.11. The number of carbonyl (C=O) groups excluding carboxylic acids is 1. The van der Waals surface area contributed by atoms with Crippen LogP contribution in [0.2, 0.25) is 5.02 Å². The minimum absolute atomic E-state index is 0.0634. The molecule has 0 aromatic heterocycles. The molecule has 0 fully saturated rings. The molecule has 0 radical (unpaired) electrons. The molecule has 1 aromatic carbocycles. The van der Waals surface area contributed by atoms with Crippen molar-refractivity contribution in [2.45, 2.75) is 33.3 Å². The van der Waals surface area contributed by atoms with E-state index >= 15 is 0 Å². The first-order valence-corrected chi connectivity index (χ1v) is 5.83. The van der Waals surface area contributed by atoms with Crippen molar-refractivity contribution in [3.05, 3.63) is 34.9 Å². The van der Waals surface area contributed by atoms with Gasteiger partial charge in [-0.05, 0) is 37.5 Å². The Hall–Kier alpha value is -1.02. The molecule has 0 aliphatic carbocycles. The molecule has 0 saturated carbocycles. The fourth-order valence-corrected chi connectivity index (χ4v) is 1.77. The SMILES string of the molecule is CC(C)CC(C)OC(=O)c1cccc(Cl)c1. The van der Waals surface area contributed by atoms with Crippen molar-refractivity contribution in [2.75, 3.05) is 0 Å². The van der Waals surface area contributed by atoms with Crippen LogP contribution in [-0.4, -0.2) is 12.1 Å². The lowest BCUT2D eigenvalue weighted by atomic mass is 10.1. The van der Waals surface area contributed by atoms with E-state index < -0.39 is 0 Å². The van der Waals surface area contributed by atoms with E-state index in [1.807, 2.05) is 6.92 Å². The maximum atomic E-state index is 11.7. The lowest BCUT2D eigenvalue weighted by Gasteiger charge is -2.15. The second kappa shape index (κ2) is 5.90. The predicted octanol–water partition coefficient (Wildman–Crippen LogP) is 3.93. The van der Waals surface area contributed by atoms with Gasteiger partial charge in [-0.25, -0.2) is 4.79 Å². The van der Waals surface area contributed by atoms with E-state index in [0.29, 0.717) is 16.5 Å². The Labute approximate surface area is 102 Å². The molecule has 1 atom stereocenters. The molecule has 2 nitrogen and oxygen atoms in total. The average Bonchev–Trinajstić information content (AvgIpc) is 2.16. The van der Waals surface area contributed by atoms with Crippen LogP contribution >= 0.6 is 11.6 Å². The van der Waals surface area contributed by atoms with Gasteiger partial charge in [0.25, 0.3) is 0 Å². The Morgan fingerprint density at radius 1 is 1.38 bits per heavy atom. The molecule has 0 aliphatic heterocycles. The number of benzene rings is 1. The first-order valence-electron chi connectivity index (χ1n) is 5.45. The summed E-state index contributed by atoms with van der Waals surface area (Å²) < 4.78 is 5.30. The molecule has 0 heterocycles. The topological polar surface area (TPSA) is 26.3 Å². The van der Waals surface area contributed by atoms with Crippen LogP contribution in [0.25, 0.3) is 0 Å². The molecule has 0 N–H and O–H groups in total. The normalized spacial score (nSPS) is 12.6. The third-order valence-electron chi connectivity index (χ3n) is 2.17. The minimum Gasteiger partial charge on any atom is -0.459 e. The van der Waals surface area contributed by atoms with Gasteiger partial charge in [0.05, 0.1) is 11.7 Å². The van der Waals surface area contributed by atoms with Gasteiger partial charge >= 0.3 is 5.97 Å². The molecule has 0 aliphatic rings. The number of hydrogen-bond acceptors (Lipinski definition) is 2. The van der Waals surface area contributed by atoms with Crippen molar-refractivity contribution in [1.82, 2.24) is 0 Å². The molecular formula is C13H17ClO2. The summed E-state index contributed by atoms with van der Waals surface area (Å²) in [6, 6.07) is 6.80. The smallest absolute Gasteiger partial charge is 0.338 e. The van der Waals surface area contributed by atoms with Crippen molar-refractivity contribution in [3.63, 3.8) is 0 Å². The lowest BCUT2D eigenvalue weighted by Crippen LogP contribution is -2.16. The van der Waals surface area contributed by atoms with Crippen molar-refractivity contribution in [1.29, 1.82) is 0 Å². The summed E-state index contributed by atoms with van der Waals surface area (Å²) in [5.41, 5.74) is 0.503. The van der Waals surface area contributed by atoms with Crippen LogP contribution in [0.3, 0.4) is 0 Å². The third-order valence-corrected chi connectivity index (χ3v) is 2.41. The third kappa shape index (κ3) is 4.23. The molecule has 0 spiro atoms. The van der Waals surface area contributed by atoms with Gasteiger partial charge in [-0.2, -0.15) is 0 Å². The predicted molar refractivity (Wildman–Crippen MR) is 65.8 cm³/mol. The van der Waals surface area contributed by atoms with Crippen molar-refractivity contribution in [3.8, 4) is 0 Å². The first kappa shape index (κ1) is 13.0. The van der Waals surface area contributed by atoms with Crippen LogP contribution in [-0.2, 0) is 4.74 Å². The second-order valence-electron chi connectivity index (χ2n) is 4.36. The highest BCUT2D eigenvalue weighted by Gasteiger charge is 2.13. The summed E-state index contributed by atoms with van der Waals surface area (Å²) in [6.07, 6.45) is 0.804. The highest BCUT2D eigenvalue weighted by Crippen LogP contribution is 2.14. The van der Waals surface area contributed by atoms with Crippen molar-refractivity contribution < 1.29 is 9.53 Å². The van der Waals surface area contributed by atoms with E-state index in [4.69, 9.17) is 16.3 Å². The van der Waals surface area contributed by atoms with E-state index in [1.54, 1.807) is 24.3 Å². The van der Waals surface area contributed by atoms with Crippen LogP contribution < -0.4 is 0 Å². The van der Waals surface area contributed by atoms with Crippen molar-refractivity contribution >= 4 is 17.6 Å². The number of carbonyl (C=O) groups is 1. The standard InChI is InChI=1S/C13H17ClO2/c1-9(2)7-10(3)16-13(15)11-5-4-6-12(14)8-11/h4-6,8-10H,7H2,1-3H3. The van der Waals surface area contributed by atoms with E-state index in [1.165, 1.54) is 0 Å². The summed E-state index contributed by atoms with van der Waals surface area (Å²) >= 11 is 5.80. The summed E-state index contributed by atoms with van der Waals surface area (Å²) in [5, 5.41) is 0.547. The van der Waals surface area contributed by atoms with Crippen LogP contribution in [0.1, 0.15) is 37.6 Å². The number of halogens is 1. The molecule has 0 bridgehead atoms. The molecule has 1 rings (SSSR count). The van der Waals surface area contributed by atoms with Gasteiger partial charge in [0.15, 0.2) is 0 Å². The van der Waals surface area contributed by atoms with Crippen LogP contribution in [0, 0.1) is 5.92 Å². The second-order valence-corrected chi connectivity index (χ2v) is 4.79. The van der Waals surface area contributed by atoms with Crippen LogP contribution in [0.4, 0.5) is 0 Å². The summed E-state index contributed by atoms with van der Waals surface area (Å²) in [7, 11) is 0. The summed E-state index contributed by atoms with van der Waals surface area (Å²) in [4.78, 5) is 11.7. The highest BCUT2D eigenvalue weighted by molar-refractivity contribution is 6.30. The van der Waals surface area contributed by atoms with Crippen LogP contribution in [0.15, 0.2) is 24.3 Å². The highest BCUT2D eigenvalue weighted by atomic mass is 35.5. The van der Waals surface area contributed by atoms with Gasteiger partial charge in [-0.15, -0.1) is 0 Å². The molecule has 3 heteroatoms. The maximum Gasteiger partial charge on any atom is 0.338 e. The molecule has 0 saturated heterocycles. The number of ether oxygens (including phenoxy) is 1. The fraction of sp³-hybridized carbons (Fsp3) is 0.462.